The summed E-state index contributed by atoms with van der Waals surface area (Å²) >= 11 is 13.4. The number of para-hydroxylation sites is 1. The molecule has 0 N–H and O–H groups in total. The van der Waals surface area contributed by atoms with Gasteiger partial charge in [0.25, 0.3) is 16.7 Å². The third-order valence-corrected chi connectivity index (χ3v) is 8.61. The van der Waals surface area contributed by atoms with E-state index in [0.717, 1.165) is 21.2 Å². The Bertz CT molecular complexity index is 2170. The monoisotopic (exact) mass is 663 g/mol. The molecule has 1 aliphatic rings. The molecule has 0 spiro atoms. The molecule has 45 heavy (non-hydrogen) atoms. The van der Waals surface area contributed by atoms with Crippen LogP contribution >= 0.6 is 35.0 Å². The number of rotatable bonds is 7. The number of benzene rings is 3. The molecule has 0 atom stereocenters. The van der Waals surface area contributed by atoms with Crippen LogP contribution in [0.1, 0.15) is 11.1 Å². The highest BCUT2D eigenvalue weighted by Crippen LogP contribution is 2.38. The van der Waals surface area contributed by atoms with Gasteiger partial charge in [0.15, 0.2) is 22.7 Å². The van der Waals surface area contributed by atoms with Crippen molar-refractivity contribution in [3.63, 3.8) is 0 Å². The summed E-state index contributed by atoms with van der Waals surface area (Å²) in [5.74, 6) is 0.0980. The summed E-state index contributed by atoms with van der Waals surface area (Å²) in [5, 5.41) is 0.420. The Hall–Kier alpha value is -4.78. The first-order valence-corrected chi connectivity index (χ1v) is 14.9. The van der Waals surface area contributed by atoms with Gasteiger partial charge in [0.05, 0.1) is 24.2 Å². The van der Waals surface area contributed by atoms with Crippen LogP contribution in [0.4, 0.5) is 10.5 Å². The van der Waals surface area contributed by atoms with Crippen molar-refractivity contribution in [3.05, 3.63) is 114 Å². The molecule has 3 aromatic carbocycles. The van der Waals surface area contributed by atoms with Gasteiger partial charge < -0.3 is 9.47 Å². The third-order valence-electron chi connectivity index (χ3n) is 7.15. The maximum absolute atomic E-state index is 13.3. The van der Waals surface area contributed by atoms with Gasteiger partial charge in [0, 0.05) is 24.1 Å². The fourth-order valence-corrected chi connectivity index (χ4v) is 6.16. The van der Waals surface area contributed by atoms with Crippen molar-refractivity contribution >= 4 is 69.0 Å². The van der Waals surface area contributed by atoms with Gasteiger partial charge in [-0.3, -0.25) is 28.1 Å². The normalized spacial score (nSPS) is 14.2. The Morgan fingerprint density at radius 3 is 2.38 bits per heavy atom. The number of imidazole rings is 1. The van der Waals surface area contributed by atoms with Crippen LogP contribution in [0.3, 0.4) is 0 Å². The van der Waals surface area contributed by atoms with Crippen LogP contribution < -0.4 is 25.6 Å². The van der Waals surface area contributed by atoms with Crippen molar-refractivity contribution in [1.82, 2.24) is 18.7 Å². The number of amides is 2. The number of aryl methyl sites for hydroxylation is 1. The molecule has 0 aliphatic carbocycles. The second kappa shape index (κ2) is 12.0. The summed E-state index contributed by atoms with van der Waals surface area (Å²) < 4.78 is 15.6. The van der Waals surface area contributed by atoms with Crippen LogP contribution in [-0.4, -0.2) is 36.9 Å². The van der Waals surface area contributed by atoms with Crippen molar-refractivity contribution in [2.45, 2.75) is 6.54 Å². The first-order valence-electron chi connectivity index (χ1n) is 13.4. The second-order valence-corrected chi connectivity index (χ2v) is 11.8. The zero-order valence-electron chi connectivity index (χ0n) is 24.0. The summed E-state index contributed by atoms with van der Waals surface area (Å²) in [6.07, 6.45) is 1.59. The highest BCUT2D eigenvalue weighted by atomic mass is 35.5. The standard InChI is InChI=1S/C31H23Cl2N5O6S/c1-35-26-25(28(40)36(2)30(35)41)37(16-18-10-11-19(32)15-21(18)33)29(34-26)44-22-12-9-17(13-23(22)43-3)14-24-27(39)38(31(42)45-24)20-7-5-4-6-8-20/h4-15H,16H2,1-3H3. The molecule has 5 aromatic rings. The van der Waals surface area contributed by atoms with Gasteiger partial charge in [0.2, 0.25) is 0 Å². The second-order valence-electron chi connectivity index (χ2n) is 9.96. The summed E-state index contributed by atoms with van der Waals surface area (Å²) in [4.78, 5) is 57.6. The van der Waals surface area contributed by atoms with Crippen molar-refractivity contribution < 1.29 is 19.1 Å². The number of halogens is 2. The predicted octanol–water partition coefficient (Wildman–Crippen LogP) is 5.83. The molecule has 0 unspecified atom stereocenters. The molecule has 1 fully saturated rings. The van der Waals surface area contributed by atoms with Gasteiger partial charge in [-0.2, -0.15) is 4.98 Å². The number of carbonyl (C=O) groups excluding carboxylic acids is 2. The van der Waals surface area contributed by atoms with Crippen LogP contribution in [0.25, 0.3) is 17.2 Å². The molecule has 1 saturated heterocycles. The van der Waals surface area contributed by atoms with Crippen LogP contribution in [0.2, 0.25) is 10.0 Å². The van der Waals surface area contributed by atoms with Gasteiger partial charge >= 0.3 is 11.7 Å². The average Bonchev–Trinajstić information content (AvgIpc) is 3.52. The minimum Gasteiger partial charge on any atom is -0.493 e. The molecular weight excluding hydrogens is 641 g/mol. The quantitative estimate of drug-likeness (QED) is 0.200. The summed E-state index contributed by atoms with van der Waals surface area (Å²) in [7, 11) is 4.34. The van der Waals surface area contributed by atoms with E-state index in [1.807, 2.05) is 0 Å². The van der Waals surface area contributed by atoms with E-state index in [2.05, 4.69) is 4.98 Å². The number of thioether (sulfide) groups is 1. The molecule has 11 nitrogen and oxygen atoms in total. The highest BCUT2D eigenvalue weighted by Gasteiger charge is 2.36. The maximum atomic E-state index is 13.3. The average molecular weight is 665 g/mol. The van der Waals surface area contributed by atoms with Gasteiger partial charge in [-0.05, 0) is 65.4 Å². The number of ether oxygens (including phenoxy) is 2. The van der Waals surface area contributed by atoms with E-state index in [9.17, 15) is 19.2 Å². The minimum atomic E-state index is -0.563. The Balaban J connectivity index is 1.39. The van der Waals surface area contributed by atoms with Gasteiger partial charge in [0.1, 0.15) is 0 Å². The molecule has 14 heteroatoms. The van der Waals surface area contributed by atoms with Crippen molar-refractivity contribution in [3.8, 4) is 17.5 Å². The zero-order chi connectivity index (χ0) is 32.0. The van der Waals surface area contributed by atoms with E-state index < -0.39 is 22.4 Å². The molecule has 0 bridgehead atoms. The molecule has 6 rings (SSSR count). The SMILES string of the molecule is COc1cc(C=C2SC(=O)N(c3ccccc3)C2=O)ccc1Oc1nc2c(c(=O)n(C)c(=O)n2C)n1Cc1ccc(Cl)cc1Cl. The van der Waals surface area contributed by atoms with E-state index in [1.165, 1.54) is 30.3 Å². The van der Waals surface area contributed by atoms with Crippen LogP contribution in [-0.2, 0) is 25.4 Å². The van der Waals surface area contributed by atoms with E-state index in [4.69, 9.17) is 32.7 Å². The van der Waals surface area contributed by atoms with Crippen molar-refractivity contribution in [2.24, 2.45) is 14.1 Å². The topological polar surface area (TPSA) is 118 Å². The lowest BCUT2D eigenvalue weighted by molar-refractivity contribution is -0.113. The number of anilines is 1. The summed E-state index contributed by atoms with van der Waals surface area (Å²) in [6, 6.07) is 18.6. The number of hydrogen-bond acceptors (Lipinski definition) is 8. The van der Waals surface area contributed by atoms with Crippen LogP contribution in [0.5, 0.6) is 17.5 Å². The van der Waals surface area contributed by atoms with Gasteiger partial charge in [-0.1, -0.05) is 53.5 Å². The fourth-order valence-electron chi connectivity index (χ4n) is 4.85. The van der Waals surface area contributed by atoms with E-state index in [0.29, 0.717) is 26.9 Å². The minimum absolute atomic E-state index is 0.00403. The smallest absolute Gasteiger partial charge is 0.332 e. The molecule has 2 amide bonds. The Morgan fingerprint density at radius 2 is 1.67 bits per heavy atom. The first-order chi connectivity index (χ1) is 21.6. The lowest BCUT2D eigenvalue weighted by Gasteiger charge is -2.14. The largest absolute Gasteiger partial charge is 0.493 e. The Morgan fingerprint density at radius 1 is 0.911 bits per heavy atom. The van der Waals surface area contributed by atoms with Crippen molar-refractivity contribution in [1.29, 1.82) is 0 Å². The van der Waals surface area contributed by atoms with Gasteiger partial charge in [-0.15, -0.1) is 0 Å². The van der Waals surface area contributed by atoms with E-state index in [1.54, 1.807) is 72.8 Å². The first kappa shape index (κ1) is 30.3. The molecule has 0 radical (unpaired) electrons. The molecule has 228 valence electrons. The summed E-state index contributed by atoms with van der Waals surface area (Å²) in [6.45, 7) is 0.0764. The number of methoxy groups -OCH3 is 1. The Kier molecular flexibility index (Phi) is 8.04. The highest BCUT2D eigenvalue weighted by molar-refractivity contribution is 8.19. The number of aromatic nitrogens is 4. The van der Waals surface area contributed by atoms with Crippen LogP contribution in [0, 0.1) is 0 Å². The van der Waals surface area contributed by atoms with Crippen LogP contribution in [0.15, 0.2) is 81.2 Å². The zero-order valence-corrected chi connectivity index (χ0v) is 26.3. The van der Waals surface area contributed by atoms with E-state index in [-0.39, 0.29) is 40.1 Å². The van der Waals surface area contributed by atoms with E-state index >= 15 is 0 Å². The number of hydrogen-bond donors (Lipinski definition) is 0. The Labute approximate surface area is 269 Å². The number of carbonyl (C=O) groups is 2. The van der Waals surface area contributed by atoms with Crippen molar-refractivity contribution in [2.75, 3.05) is 12.0 Å². The molecule has 0 saturated carbocycles. The fraction of sp³-hybridized carbons (Fsp3) is 0.129. The predicted molar refractivity (Wildman–Crippen MR) is 174 cm³/mol. The lowest BCUT2D eigenvalue weighted by Crippen LogP contribution is -2.37. The molecule has 1 aliphatic heterocycles. The van der Waals surface area contributed by atoms with Gasteiger partial charge in [-0.25, -0.2) is 9.69 Å². The lowest BCUT2D eigenvalue weighted by atomic mass is 10.2. The summed E-state index contributed by atoms with van der Waals surface area (Å²) in [5.41, 5.74) is 0.834. The number of imide groups is 1. The maximum Gasteiger partial charge on any atom is 0.332 e. The third kappa shape index (κ3) is 5.52. The number of nitrogens with zero attached hydrogens (tertiary/aromatic N) is 5. The number of fused-ring (bicyclic) bond motifs is 1. The molecular formula is C31H23Cl2N5O6S. The molecule has 2 aromatic heterocycles. The molecule has 3 heterocycles.